The molecule has 1 fully saturated rings. The average molecular weight is 222 g/mol. The van der Waals surface area contributed by atoms with Gasteiger partial charge in [0.2, 0.25) is 5.91 Å². The summed E-state index contributed by atoms with van der Waals surface area (Å²) in [6.07, 6.45) is 3.31. The lowest BCUT2D eigenvalue weighted by Crippen LogP contribution is -2.48. The fourth-order valence-corrected chi connectivity index (χ4v) is 1.37. The zero-order chi connectivity index (χ0) is 12.0. The molecule has 1 aliphatic heterocycles. The van der Waals surface area contributed by atoms with Crippen LogP contribution in [-0.4, -0.2) is 35.5 Å². The smallest absolute Gasteiger partial charge is 0.242 e. The highest BCUT2D eigenvalue weighted by molar-refractivity contribution is 5.94. The van der Waals surface area contributed by atoms with Crippen molar-refractivity contribution in [3.8, 4) is 0 Å². The molecule has 0 spiro atoms. The molecule has 0 atom stereocenters. The third-order valence-corrected chi connectivity index (χ3v) is 2.13. The van der Waals surface area contributed by atoms with Crippen LogP contribution in [0.3, 0.4) is 0 Å². The van der Waals surface area contributed by atoms with Crippen molar-refractivity contribution in [3.05, 3.63) is 18.1 Å². The van der Waals surface area contributed by atoms with Gasteiger partial charge in [-0.2, -0.15) is 0 Å². The van der Waals surface area contributed by atoms with Crippen molar-refractivity contribution in [2.24, 2.45) is 0 Å². The Balaban J connectivity index is 0.000000606. The fourth-order valence-electron chi connectivity index (χ4n) is 1.37. The van der Waals surface area contributed by atoms with Crippen LogP contribution in [0, 0.1) is 6.92 Å². The zero-order valence-electron chi connectivity index (χ0n) is 10.0. The normalized spacial score (nSPS) is 15.4. The van der Waals surface area contributed by atoms with Crippen LogP contribution < -0.4 is 10.2 Å². The summed E-state index contributed by atoms with van der Waals surface area (Å²) in [6, 6.07) is 0. The van der Waals surface area contributed by atoms with Gasteiger partial charge in [0.15, 0.2) is 5.82 Å². The molecule has 1 aliphatic rings. The maximum atomic E-state index is 11.5. The van der Waals surface area contributed by atoms with Crippen molar-refractivity contribution < 1.29 is 4.79 Å². The minimum Gasteiger partial charge on any atom is -0.307 e. The fraction of sp³-hybridized carbons (Fsp3) is 0.545. The predicted molar refractivity (Wildman–Crippen MR) is 63.3 cm³/mol. The third kappa shape index (κ3) is 3.00. The molecule has 1 aromatic rings. The van der Waals surface area contributed by atoms with Gasteiger partial charge < -0.3 is 5.32 Å². The number of aryl methyl sites for hydroxylation is 1. The van der Waals surface area contributed by atoms with Crippen LogP contribution in [0.5, 0.6) is 0 Å². The molecule has 0 aromatic carbocycles. The van der Waals surface area contributed by atoms with E-state index >= 15 is 0 Å². The number of rotatable bonds is 1. The molecular weight excluding hydrogens is 204 g/mol. The monoisotopic (exact) mass is 222 g/mol. The van der Waals surface area contributed by atoms with Crippen molar-refractivity contribution in [3.63, 3.8) is 0 Å². The molecule has 0 bridgehead atoms. The number of nitrogens with zero attached hydrogens (tertiary/aromatic N) is 3. The first-order valence-electron chi connectivity index (χ1n) is 5.57. The highest BCUT2D eigenvalue weighted by Crippen LogP contribution is 2.09. The second kappa shape index (κ2) is 6.17. The van der Waals surface area contributed by atoms with Gasteiger partial charge in [0.1, 0.15) is 0 Å². The number of piperazine rings is 1. The number of anilines is 1. The molecule has 0 unspecified atom stereocenters. The van der Waals surface area contributed by atoms with E-state index in [4.69, 9.17) is 0 Å². The highest BCUT2D eigenvalue weighted by Gasteiger charge is 2.19. The van der Waals surface area contributed by atoms with Crippen LogP contribution in [0.2, 0.25) is 0 Å². The lowest BCUT2D eigenvalue weighted by atomic mass is 10.3. The highest BCUT2D eigenvalue weighted by atomic mass is 16.2. The molecule has 16 heavy (non-hydrogen) atoms. The number of nitrogens with one attached hydrogen (secondary N) is 1. The molecule has 1 amide bonds. The maximum absolute atomic E-state index is 11.5. The van der Waals surface area contributed by atoms with Gasteiger partial charge in [-0.3, -0.25) is 14.7 Å². The van der Waals surface area contributed by atoms with E-state index in [-0.39, 0.29) is 5.91 Å². The molecule has 2 heterocycles. The van der Waals surface area contributed by atoms with E-state index in [9.17, 15) is 4.79 Å². The summed E-state index contributed by atoms with van der Waals surface area (Å²) in [7, 11) is 0. The molecule has 0 saturated carbocycles. The van der Waals surface area contributed by atoms with Gasteiger partial charge in [-0.25, -0.2) is 4.98 Å². The Labute approximate surface area is 95.9 Å². The summed E-state index contributed by atoms with van der Waals surface area (Å²) in [6.45, 7) is 7.73. The molecule has 1 aromatic heterocycles. The zero-order valence-corrected chi connectivity index (χ0v) is 10.0. The van der Waals surface area contributed by atoms with Crippen LogP contribution >= 0.6 is 0 Å². The number of hydrogen-bond donors (Lipinski definition) is 1. The van der Waals surface area contributed by atoms with Crippen molar-refractivity contribution in [2.45, 2.75) is 20.8 Å². The first-order chi connectivity index (χ1) is 7.77. The number of carbonyl (C=O) groups excluding carboxylic acids is 1. The van der Waals surface area contributed by atoms with Gasteiger partial charge in [-0.15, -0.1) is 0 Å². The second-order valence-electron chi connectivity index (χ2n) is 3.24. The van der Waals surface area contributed by atoms with Gasteiger partial charge in [-0.1, -0.05) is 13.8 Å². The van der Waals surface area contributed by atoms with Crippen molar-refractivity contribution >= 4 is 11.7 Å². The Morgan fingerprint density at radius 2 is 2.06 bits per heavy atom. The molecule has 1 N–H and O–H groups in total. The van der Waals surface area contributed by atoms with Crippen LogP contribution in [0.25, 0.3) is 0 Å². The third-order valence-electron chi connectivity index (χ3n) is 2.13. The molecule has 88 valence electrons. The quantitative estimate of drug-likeness (QED) is 0.761. The molecule has 5 heteroatoms. The van der Waals surface area contributed by atoms with Crippen molar-refractivity contribution in [2.75, 3.05) is 24.5 Å². The molecule has 0 radical (unpaired) electrons. The van der Waals surface area contributed by atoms with Crippen LogP contribution in [0.1, 0.15) is 19.5 Å². The van der Waals surface area contributed by atoms with Crippen LogP contribution in [0.4, 0.5) is 5.82 Å². The predicted octanol–water partition coefficient (Wildman–Crippen LogP) is 0.747. The van der Waals surface area contributed by atoms with Crippen LogP contribution in [0.15, 0.2) is 12.4 Å². The summed E-state index contributed by atoms with van der Waals surface area (Å²) in [5.74, 6) is 0.691. The van der Waals surface area contributed by atoms with Gasteiger partial charge in [-0.05, 0) is 6.92 Å². The minimum atomic E-state index is 0.0504. The summed E-state index contributed by atoms with van der Waals surface area (Å²) in [5.41, 5.74) is 0.858. The van der Waals surface area contributed by atoms with E-state index in [1.807, 2.05) is 20.8 Å². The molecular formula is C11H18N4O. The Morgan fingerprint density at radius 3 is 2.62 bits per heavy atom. The standard InChI is InChI=1S/C9H12N4O.C2H6/c1-7-4-12-8(5-11-7)13-3-2-10-6-9(13)14;1-2/h4-5,10H,2-3,6H2,1H3;1-2H3. The summed E-state index contributed by atoms with van der Waals surface area (Å²) in [5, 5.41) is 3.01. The van der Waals surface area contributed by atoms with E-state index in [0.717, 1.165) is 12.2 Å². The first-order valence-corrected chi connectivity index (χ1v) is 5.57. The first kappa shape index (κ1) is 12.6. The topological polar surface area (TPSA) is 58.1 Å². The molecule has 2 rings (SSSR count). The van der Waals surface area contributed by atoms with Crippen molar-refractivity contribution in [1.82, 2.24) is 15.3 Å². The van der Waals surface area contributed by atoms with E-state index in [0.29, 0.717) is 18.9 Å². The Bertz CT molecular complexity index is 336. The Kier molecular flexibility index (Phi) is 4.85. The average Bonchev–Trinajstić information content (AvgIpc) is 2.34. The second-order valence-corrected chi connectivity index (χ2v) is 3.24. The summed E-state index contributed by atoms with van der Waals surface area (Å²) < 4.78 is 0. The Morgan fingerprint density at radius 1 is 1.31 bits per heavy atom. The van der Waals surface area contributed by atoms with Gasteiger partial charge in [0, 0.05) is 13.1 Å². The summed E-state index contributed by atoms with van der Waals surface area (Å²) >= 11 is 0. The number of hydrogen-bond acceptors (Lipinski definition) is 4. The molecule has 5 nitrogen and oxygen atoms in total. The molecule has 1 saturated heterocycles. The van der Waals surface area contributed by atoms with E-state index in [1.54, 1.807) is 17.3 Å². The summed E-state index contributed by atoms with van der Waals surface area (Å²) in [4.78, 5) is 21.4. The Hall–Kier alpha value is -1.49. The lowest BCUT2D eigenvalue weighted by Gasteiger charge is -2.25. The maximum Gasteiger partial charge on any atom is 0.242 e. The van der Waals surface area contributed by atoms with Gasteiger partial charge >= 0.3 is 0 Å². The SMILES string of the molecule is CC.Cc1cnc(N2CCNCC2=O)cn1. The largest absolute Gasteiger partial charge is 0.307 e. The van der Waals surface area contributed by atoms with E-state index < -0.39 is 0 Å². The van der Waals surface area contributed by atoms with Gasteiger partial charge in [0.25, 0.3) is 0 Å². The molecule has 0 aliphatic carbocycles. The lowest BCUT2D eigenvalue weighted by molar-refractivity contribution is -0.118. The van der Waals surface area contributed by atoms with E-state index in [1.165, 1.54) is 0 Å². The number of carbonyl (C=O) groups is 1. The van der Waals surface area contributed by atoms with Crippen molar-refractivity contribution in [1.29, 1.82) is 0 Å². The number of amides is 1. The van der Waals surface area contributed by atoms with E-state index in [2.05, 4.69) is 15.3 Å². The number of aromatic nitrogens is 2. The van der Waals surface area contributed by atoms with Crippen LogP contribution in [-0.2, 0) is 4.79 Å². The minimum absolute atomic E-state index is 0.0504. The van der Waals surface area contributed by atoms with Gasteiger partial charge in [0.05, 0.1) is 24.6 Å².